The van der Waals surface area contributed by atoms with Crippen LogP contribution in [-0.2, 0) is 10.0 Å². The van der Waals surface area contributed by atoms with Crippen LogP contribution in [0.15, 0.2) is 60.7 Å². The van der Waals surface area contributed by atoms with Crippen LogP contribution in [0.25, 0.3) is 0 Å². The third-order valence-corrected chi connectivity index (χ3v) is 3.50. The van der Waals surface area contributed by atoms with Crippen LogP contribution >= 0.6 is 0 Å². The predicted molar refractivity (Wildman–Crippen MR) is 84.8 cm³/mol. The topological polar surface area (TPSA) is 102 Å². The number of hydrogen-bond donors (Lipinski definition) is 1. The van der Waals surface area contributed by atoms with Crippen LogP contribution in [0.1, 0.15) is 0 Å². The van der Waals surface area contributed by atoms with E-state index >= 15 is 0 Å². The van der Waals surface area contributed by atoms with E-state index in [1.807, 2.05) is 5.43 Å². The molecule has 0 aliphatic heterocycles. The molecule has 0 fully saturated rings. The van der Waals surface area contributed by atoms with Crippen molar-refractivity contribution in [2.45, 2.75) is 0 Å². The average Bonchev–Trinajstić information content (AvgIpc) is 2.53. The lowest BCUT2D eigenvalue weighted by Crippen LogP contribution is -2.51. The van der Waals surface area contributed by atoms with Gasteiger partial charge in [0.25, 0.3) is 10.0 Å². The number of rotatable bonds is 3. The molecule has 126 valence electrons. The van der Waals surface area contributed by atoms with E-state index in [9.17, 15) is 18.0 Å². The second kappa shape index (κ2) is 7.47. The number of hydrogen-bond acceptors (Lipinski definition) is 6. The van der Waals surface area contributed by atoms with Gasteiger partial charge in [0.1, 0.15) is 11.5 Å². The SMILES string of the molecule is CS(=O)(=O)N(NC(=O)Oc1ccccc1)C(=O)Oc1ccccc1. The lowest BCUT2D eigenvalue weighted by molar-refractivity contribution is 0.151. The molecular weight excluding hydrogens is 336 g/mol. The number of carbonyl (C=O) groups is 2. The van der Waals surface area contributed by atoms with E-state index in [0.29, 0.717) is 0 Å². The predicted octanol–water partition coefficient (Wildman–Crippen LogP) is 2.15. The van der Waals surface area contributed by atoms with Crippen molar-refractivity contribution in [3.05, 3.63) is 60.7 Å². The molecule has 0 aromatic heterocycles. The number of sulfonamides is 1. The summed E-state index contributed by atoms with van der Waals surface area (Å²) in [7, 11) is -4.12. The van der Waals surface area contributed by atoms with Gasteiger partial charge < -0.3 is 9.47 Å². The highest BCUT2D eigenvalue weighted by Crippen LogP contribution is 2.12. The summed E-state index contributed by atoms with van der Waals surface area (Å²) in [6.45, 7) is 0. The first-order valence-electron chi connectivity index (χ1n) is 6.67. The fourth-order valence-electron chi connectivity index (χ4n) is 1.60. The lowest BCUT2D eigenvalue weighted by Gasteiger charge is -2.19. The highest BCUT2D eigenvalue weighted by molar-refractivity contribution is 7.88. The van der Waals surface area contributed by atoms with Crippen molar-refractivity contribution in [3.63, 3.8) is 0 Å². The number of nitrogens with zero attached hydrogens (tertiary/aromatic N) is 1. The molecule has 0 saturated carbocycles. The van der Waals surface area contributed by atoms with E-state index in [-0.39, 0.29) is 15.9 Å². The van der Waals surface area contributed by atoms with Crippen molar-refractivity contribution in [1.29, 1.82) is 0 Å². The minimum atomic E-state index is -4.12. The van der Waals surface area contributed by atoms with Gasteiger partial charge in [0, 0.05) is 0 Å². The fourth-order valence-corrected chi connectivity index (χ4v) is 2.14. The molecule has 0 aliphatic carbocycles. The molecule has 1 N–H and O–H groups in total. The minimum Gasteiger partial charge on any atom is -0.409 e. The van der Waals surface area contributed by atoms with Crippen LogP contribution < -0.4 is 14.9 Å². The Bertz CT molecular complexity index is 808. The van der Waals surface area contributed by atoms with Gasteiger partial charge in [0.15, 0.2) is 0 Å². The summed E-state index contributed by atoms with van der Waals surface area (Å²) in [5.74, 6) is 0.300. The lowest BCUT2D eigenvalue weighted by atomic mass is 10.3. The smallest absolute Gasteiger partial charge is 0.409 e. The third-order valence-electron chi connectivity index (χ3n) is 2.59. The van der Waals surface area contributed by atoms with Crippen LogP contribution in [0.5, 0.6) is 11.5 Å². The molecule has 9 heteroatoms. The number of amides is 2. The molecule has 0 unspecified atom stereocenters. The number of ether oxygens (including phenoxy) is 2. The van der Waals surface area contributed by atoms with E-state index in [2.05, 4.69) is 0 Å². The highest BCUT2D eigenvalue weighted by atomic mass is 32.2. The number of para-hydroxylation sites is 2. The summed E-state index contributed by atoms with van der Waals surface area (Å²) >= 11 is 0. The molecule has 2 aromatic carbocycles. The van der Waals surface area contributed by atoms with Gasteiger partial charge in [-0.05, 0) is 24.3 Å². The number of nitrogens with one attached hydrogen (secondary N) is 1. The van der Waals surface area contributed by atoms with Gasteiger partial charge in [-0.25, -0.2) is 23.4 Å². The maximum Gasteiger partial charge on any atom is 0.448 e. The molecule has 0 spiro atoms. The summed E-state index contributed by atoms with van der Waals surface area (Å²) < 4.78 is 33.2. The Morgan fingerprint density at radius 2 is 1.33 bits per heavy atom. The van der Waals surface area contributed by atoms with E-state index < -0.39 is 22.2 Å². The summed E-state index contributed by atoms with van der Waals surface area (Å²) in [5.41, 5.74) is 1.84. The van der Waals surface area contributed by atoms with Gasteiger partial charge in [-0.1, -0.05) is 36.4 Å². The molecule has 0 heterocycles. The van der Waals surface area contributed by atoms with Crippen molar-refractivity contribution in [1.82, 2.24) is 9.84 Å². The van der Waals surface area contributed by atoms with E-state index in [0.717, 1.165) is 6.26 Å². The molecular formula is C15H14N2O6S. The average molecular weight is 350 g/mol. The summed E-state index contributed by atoms with van der Waals surface area (Å²) in [4.78, 5) is 23.8. The van der Waals surface area contributed by atoms with E-state index in [1.54, 1.807) is 36.4 Å². The van der Waals surface area contributed by atoms with Gasteiger partial charge in [-0.15, -0.1) is 4.41 Å². The third kappa shape index (κ3) is 4.99. The Labute approximate surface area is 138 Å². The Morgan fingerprint density at radius 1 is 0.875 bits per heavy atom. The Morgan fingerprint density at radius 3 is 1.79 bits per heavy atom. The standard InChI is InChI=1S/C15H14N2O6S/c1-24(20,21)17(15(19)23-13-10-6-3-7-11-13)16-14(18)22-12-8-4-2-5-9-12/h2-11H,1H3,(H,16,18). The molecule has 0 aliphatic rings. The Balaban J connectivity index is 2.08. The van der Waals surface area contributed by atoms with Gasteiger partial charge in [0.2, 0.25) is 0 Å². The van der Waals surface area contributed by atoms with Gasteiger partial charge in [-0.2, -0.15) is 0 Å². The molecule has 0 bridgehead atoms. The van der Waals surface area contributed by atoms with Crippen molar-refractivity contribution in [2.24, 2.45) is 0 Å². The maximum atomic E-state index is 12.0. The van der Waals surface area contributed by atoms with Gasteiger partial charge in [0.05, 0.1) is 6.26 Å². The van der Waals surface area contributed by atoms with Crippen molar-refractivity contribution in [2.75, 3.05) is 6.26 Å². The summed E-state index contributed by atoms with van der Waals surface area (Å²) in [5, 5.41) is 0. The minimum absolute atomic E-state index is 0.0608. The van der Waals surface area contributed by atoms with Crippen LogP contribution in [-0.4, -0.2) is 31.3 Å². The number of hydrazine groups is 1. The van der Waals surface area contributed by atoms with Gasteiger partial charge in [-0.3, -0.25) is 0 Å². The Hall–Kier alpha value is -3.07. The second-order valence-corrected chi connectivity index (χ2v) is 6.35. The zero-order valence-electron chi connectivity index (χ0n) is 12.6. The Kier molecular flexibility index (Phi) is 5.38. The molecule has 2 aromatic rings. The van der Waals surface area contributed by atoms with Gasteiger partial charge >= 0.3 is 12.2 Å². The second-order valence-electron chi connectivity index (χ2n) is 4.52. The summed E-state index contributed by atoms with van der Waals surface area (Å²) in [6.07, 6.45) is -1.72. The largest absolute Gasteiger partial charge is 0.448 e. The molecule has 0 radical (unpaired) electrons. The first-order chi connectivity index (χ1) is 11.4. The molecule has 24 heavy (non-hydrogen) atoms. The number of carbonyl (C=O) groups excluding carboxylic acids is 2. The van der Waals surface area contributed by atoms with E-state index in [1.165, 1.54) is 24.3 Å². The fraction of sp³-hybridized carbons (Fsp3) is 0.0667. The van der Waals surface area contributed by atoms with Crippen LogP contribution in [0.4, 0.5) is 9.59 Å². The quantitative estimate of drug-likeness (QED) is 0.851. The molecule has 2 amide bonds. The highest BCUT2D eigenvalue weighted by Gasteiger charge is 2.28. The zero-order chi connectivity index (χ0) is 17.6. The number of benzene rings is 2. The molecule has 2 rings (SSSR count). The summed E-state index contributed by atoms with van der Waals surface area (Å²) in [6, 6.07) is 15.8. The monoisotopic (exact) mass is 350 g/mol. The van der Waals surface area contributed by atoms with Crippen LogP contribution in [0.3, 0.4) is 0 Å². The molecule has 0 atom stereocenters. The van der Waals surface area contributed by atoms with Crippen LogP contribution in [0.2, 0.25) is 0 Å². The van der Waals surface area contributed by atoms with Crippen molar-refractivity contribution in [3.8, 4) is 11.5 Å². The molecule has 0 saturated heterocycles. The van der Waals surface area contributed by atoms with Crippen molar-refractivity contribution >= 4 is 22.2 Å². The van der Waals surface area contributed by atoms with E-state index in [4.69, 9.17) is 9.47 Å². The zero-order valence-corrected chi connectivity index (χ0v) is 13.4. The normalized spacial score (nSPS) is 10.5. The molecule has 8 nitrogen and oxygen atoms in total. The van der Waals surface area contributed by atoms with Crippen molar-refractivity contribution < 1.29 is 27.5 Å². The maximum absolute atomic E-state index is 12.0. The first kappa shape index (κ1) is 17.3. The van der Waals surface area contributed by atoms with Crippen LogP contribution in [0, 0.1) is 0 Å². The first-order valence-corrected chi connectivity index (χ1v) is 8.52.